The predicted octanol–water partition coefficient (Wildman–Crippen LogP) is 2.33. The number of likely N-dealkylation sites (tertiary alicyclic amines) is 1. The van der Waals surface area contributed by atoms with Gasteiger partial charge in [-0.2, -0.15) is 0 Å². The van der Waals surface area contributed by atoms with Crippen molar-refractivity contribution in [3.63, 3.8) is 0 Å². The molecule has 19 heavy (non-hydrogen) atoms. The van der Waals surface area contributed by atoms with Crippen LogP contribution in [0.4, 0.5) is 0 Å². The highest BCUT2D eigenvalue weighted by molar-refractivity contribution is 9.09. The topological polar surface area (TPSA) is 57.6 Å². The Bertz CT molecular complexity index is 508. The Morgan fingerprint density at radius 3 is 2.74 bits per heavy atom. The molecule has 1 N–H and O–H groups in total. The monoisotopic (exact) mass is 345 g/mol. The number of rotatable bonds is 4. The minimum atomic E-state index is -1.00. The lowest BCUT2D eigenvalue weighted by molar-refractivity contribution is -0.148. The molecule has 2 rings (SSSR count). The first-order valence-corrected chi connectivity index (χ1v) is 7.18. The quantitative estimate of drug-likeness (QED) is 0.851. The van der Waals surface area contributed by atoms with E-state index in [0.717, 1.165) is 5.56 Å². The molecule has 1 aliphatic heterocycles. The molecule has 1 fully saturated rings. The summed E-state index contributed by atoms with van der Waals surface area (Å²) in [6.45, 7) is 0.417. The van der Waals surface area contributed by atoms with Gasteiger partial charge in [-0.15, -0.1) is 0 Å². The SMILES string of the molecule is O=C(O)[C@H](Cc1ccccc1Cl)N1CC(Br)CC1=O. The van der Waals surface area contributed by atoms with E-state index in [0.29, 0.717) is 18.0 Å². The second-order valence-corrected chi connectivity index (χ2v) is 6.20. The van der Waals surface area contributed by atoms with Crippen LogP contribution >= 0.6 is 27.5 Å². The molecule has 6 heteroatoms. The number of carboxylic acids is 1. The Morgan fingerprint density at radius 2 is 2.21 bits per heavy atom. The third-order valence-electron chi connectivity index (χ3n) is 3.14. The summed E-state index contributed by atoms with van der Waals surface area (Å²) in [5.41, 5.74) is 0.738. The fourth-order valence-electron chi connectivity index (χ4n) is 2.19. The van der Waals surface area contributed by atoms with Crippen molar-refractivity contribution in [3.05, 3.63) is 34.9 Å². The van der Waals surface area contributed by atoms with Crippen molar-refractivity contribution in [2.45, 2.75) is 23.7 Å². The number of nitrogens with zero attached hydrogens (tertiary/aromatic N) is 1. The molecular weight excluding hydrogens is 334 g/mol. The molecule has 1 unspecified atom stereocenters. The zero-order chi connectivity index (χ0) is 14.0. The molecule has 1 aromatic carbocycles. The maximum atomic E-state index is 11.8. The van der Waals surface area contributed by atoms with Gasteiger partial charge >= 0.3 is 5.97 Å². The first-order chi connectivity index (χ1) is 8.99. The van der Waals surface area contributed by atoms with Crippen LogP contribution in [0.1, 0.15) is 12.0 Å². The van der Waals surface area contributed by atoms with Gasteiger partial charge in [0, 0.05) is 29.2 Å². The van der Waals surface area contributed by atoms with Crippen LogP contribution in [0.15, 0.2) is 24.3 Å². The van der Waals surface area contributed by atoms with Crippen molar-refractivity contribution in [1.29, 1.82) is 0 Å². The zero-order valence-electron chi connectivity index (χ0n) is 10.1. The maximum absolute atomic E-state index is 11.8. The lowest BCUT2D eigenvalue weighted by Gasteiger charge is -2.24. The van der Waals surface area contributed by atoms with Crippen molar-refractivity contribution >= 4 is 39.4 Å². The Labute approximate surface area is 124 Å². The van der Waals surface area contributed by atoms with Gasteiger partial charge < -0.3 is 10.0 Å². The van der Waals surface area contributed by atoms with Gasteiger partial charge in [-0.3, -0.25) is 4.79 Å². The van der Waals surface area contributed by atoms with Gasteiger partial charge in [0.05, 0.1) is 0 Å². The summed E-state index contributed by atoms with van der Waals surface area (Å²) in [6.07, 6.45) is 0.562. The lowest BCUT2D eigenvalue weighted by Crippen LogP contribution is -2.43. The third-order valence-corrected chi connectivity index (χ3v) is 4.13. The van der Waals surface area contributed by atoms with Crippen LogP contribution in [0, 0.1) is 0 Å². The molecule has 2 atom stereocenters. The average molecular weight is 347 g/mol. The molecule has 102 valence electrons. The number of aliphatic carboxylic acids is 1. The number of carbonyl (C=O) groups is 2. The number of hydrogen-bond donors (Lipinski definition) is 1. The lowest BCUT2D eigenvalue weighted by atomic mass is 10.0. The number of alkyl halides is 1. The molecule has 1 saturated heterocycles. The number of carbonyl (C=O) groups excluding carboxylic acids is 1. The molecule has 0 aromatic heterocycles. The molecule has 4 nitrogen and oxygen atoms in total. The van der Waals surface area contributed by atoms with Gasteiger partial charge in [0.1, 0.15) is 6.04 Å². The van der Waals surface area contributed by atoms with Gasteiger partial charge in [-0.25, -0.2) is 4.79 Å². The fraction of sp³-hybridized carbons (Fsp3) is 0.385. The summed E-state index contributed by atoms with van der Waals surface area (Å²) in [6, 6.07) is 6.23. The minimum Gasteiger partial charge on any atom is -0.480 e. The molecule has 0 bridgehead atoms. The second kappa shape index (κ2) is 5.92. The van der Waals surface area contributed by atoms with Crippen molar-refractivity contribution in [3.8, 4) is 0 Å². The Hall–Kier alpha value is -1.07. The van der Waals surface area contributed by atoms with Crippen LogP contribution in [-0.4, -0.2) is 39.3 Å². The minimum absolute atomic E-state index is 0.0214. The Morgan fingerprint density at radius 1 is 1.53 bits per heavy atom. The summed E-state index contributed by atoms with van der Waals surface area (Å²) in [5, 5.41) is 9.86. The highest BCUT2D eigenvalue weighted by Gasteiger charge is 2.36. The summed E-state index contributed by atoms with van der Waals surface area (Å²) >= 11 is 9.39. The molecule has 1 amide bonds. The summed E-state index contributed by atoms with van der Waals surface area (Å²) < 4.78 is 0. The van der Waals surface area contributed by atoms with E-state index in [1.54, 1.807) is 24.3 Å². The van der Waals surface area contributed by atoms with Crippen LogP contribution < -0.4 is 0 Å². The number of benzene rings is 1. The zero-order valence-corrected chi connectivity index (χ0v) is 12.4. The molecule has 0 spiro atoms. The molecule has 0 radical (unpaired) electrons. The van der Waals surface area contributed by atoms with Gasteiger partial charge in [-0.1, -0.05) is 45.7 Å². The first-order valence-electron chi connectivity index (χ1n) is 5.88. The summed E-state index contributed by atoms with van der Waals surface area (Å²) in [4.78, 5) is 24.6. The Kier molecular flexibility index (Phi) is 4.47. The smallest absolute Gasteiger partial charge is 0.326 e. The summed E-state index contributed by atoms with van der Waals surface area (Å²) in [7, 11) is 0. The molecule has 1 aliphatic rings. The van der Waals surface area contributed by atoms with E-state index in [1.165, 1.54) is 4.90 Å². The van der Waals surface area contributed by atoms with Crippen LogP contribution in [0.2, 0.25) is 5.02 Å². The van der Waals surface area contributed by atoms with E-state index in [1.807, 2.05) is 0 Å². The molecule has 0 saturated carbocycles. The van der Waals surface area contributed by atoms with Gasteiger partial charge in [0.25, 0.3) is 0 Å². The van der Waals surface area contributed by atoms with Crippen molar-refractivity contribution in [2.75, 3.05) is 6.54 Å². The van der Waals surface area contributed by atoms with Crippen molar-refractivity contribution in [2.24, 2.45) is 0 Å². The second-order valence-electron chi connectivity index (χ2n) is 4.50. The largest absolute Gasteiger partial charge is 0.480 e. The third kappa shape index (κ3) is 3.28. The molecule has 1 aromatic rings. The highest BCUT2D eigenvalue weighted by atomic mass is 79.9. The van der Waals surface area contributed by atoms with Gasteiger partial charge in [-0.05, 0) is 11.6 Å². The van der Waals surface area contributed by atoms with Crippen molar-refractivity contribution in [1.82, 2.24) is 4.90 Å². The number of amides is 1. The number of carboxylic acid groups (broad SMARTS) is 1. The van der Waals surface area contributed by atoms with E-state index in [-0.39, 0.29) is 17.2 Å². The van der Waals surface area contributed by atoms with E-state index in [4.69, 9.17) is 11.6 Å². The average Bonchev–Trinajstić information content (AvgIpc) is 2.67. The first kappa shape index (κ1) is 14.3. The number of halogens is 2. The number of hydrogen-bond acceptors (Lipinski definition) is 2. The maximum Gasteiger partial charge on any atom is 0.326 e. The van der Waals surface area contributed by atoms with Crippen LogP contribution in [-0.2, 0) is 16.0 Å². The van der Waals surface area contributed by atoms with E-state index in [2.05, 4.69) is 15.9 Å². The summed E-state index contributed by atoms with van der Waals surface area (Å²) in [5.74, 6) is -1.14. The molecular formula is C13H13BrClNO3. The van der Waals surface area contributed by atoms with Crippen LogP contribution in [0.3, 0.4) is 0 Å². The van der Waals surface area contributed by atoms with Crippen LogP contribution in [0.5, 0.6) is 0 Å². The highest BCUT2D eigenvalue weighted by Crippen LogP contribution is 2.24. The van der Waals surface area contributed by atoms with E-state index >= 15 is 0 Å². The van der Waals surface area contributed by atoms with Crippen LogP contribution in [0.25, 0.3) is 0 Å². The molecule has 0 aliphatic carbocycles. The standard InChI is InChI=1S/C13H13BrClNO3/c14-9-6-12(17)16(7-9)11(13(18)19)5-8-3-1-2-4-10(8)15/h1-4,9,11H,5-7H2,(H,18,19)/t9?,11-/m0/s1. The van der Waals surface area contributed by atoms with Gasteiger partial charge in [0.15, 0.2) is 0 Å². The van der Waals surface area contributed by atoms with E-state index < -0.39 is 12.0 Å². The predicted molar refractivity (Wildman–Crippen MR) is 75.6 cm³/mol. The fourth-order valence-corrected chi connectivity index (χ4v) is 2.99. The van der Waals surface area contributed by atoms with E-state index in [9.17, 15) is 14.7 Å². The van der Waals surface area contributed by atoms with Gasteiger partial charge in [0.2, 0.25) is 5.91 Å². The normalized spacial score (nSPS) is 20.6. The Balaban J connectivity index is 2.20. The van der Waals surface area contributed by atoms with Crippen molar-refractivity contribution < 1.29 is 14.7 Å². The molecule has 1 heterocycles.